The fourth-order valence-corrected chi connectivity index (χ4v) is 2.12. The lowest BCUT2D eigenvalue weighted by Crippen LogP contribution is -2.35. The zero-order valence-electron chi connectivity index (χ0n) is 12.5. The molecule has 0 radical (unpaired) electrons. The van der Waals surface area contributed by atoms with E-state index in [0.29, 0.717) is 17.9 Å². The van der Waals surface area contributed by atoms with Crippen LogP contribution in [-0.2, 0) is 11.3 Å². The average Bonchev–Trinajstić information content (AvgIpc) is 2.40. The number of nitrogens with one attached hydrogen (secondary N) is 2. The Kier molecular flexibility index (Phi) is 4.94. The van der Waals surface area contributed by atoms with Crippen LogP contribution in [0.4, 0.5) is 10.2 Å². The zero-order chi connectivity index (χ0) is 14.6. The molecule has 5 heteroatoms. The van der Waals surface area contributed by atoms with Crippen molar-refractivity contribution in [2.75, 3.05) is 18.5 Å². The molecule has 0 bridgehead atoms. The molecule has 1 saturated heterocycles. The molecule has 1 aromatic heterocycles. The number of nitrogens with zero attached hydrogens (tertiary/aromatic N) is 1. The number of anilines is 1. The van der Waals surface area contributed by atoms with E-state index in [-0.39, 0.29) is 17.4 Å². The second kappa shape index (κ2) is 6.50. The summed E-state index contributed by atoms with van der Waals surface area (Å²) in [6.45, 7) is 8.14. The van der Waals surface area contributed by atoms with Crippen LogP contribution in [0, 0.1) is 5.82 Å². The molecular weight excluding hydrogens is 257 g/mol. The molecule has 112 valence electrons. The van der Waals surface area contributed by atoms with Crippen molar-refractivity contribution >= 4 is 5.82 Å². The standard InChI is InChI=1S/C15H24FN3O/c1-15(2,3)18-10-11-4-7-17-14(13(11)16)19-12-5-8-20-9-6-12/h4,7,12,18H,5-6,8-10H2,1-3H3,(H,17,19). The SMILES string of the molecule is CC(C)(C)NCc1ccnc(NC2CCOCC2)c1F. The van der Waals surface area contributed by atoms with Gasteiger partial charge in [0.2, 0.25) is 0 Å². The number of pyridine rings is 1. The van der Waals surface area contributed by atoms with Crippen LogP contribution in [0.5, 0.6) is 0 Å². The van der Waals surface area contributed by atoms with E-state index >= 15 is 0 Å². The van der Waals surface area contributed by atoms with Crippen molar-refractivity contribution in [3.8, 4) is 0 Å². The second-order valence-electron chi connectivity index (χ2n) is 6.27. The maximum atomic E-state index is 14.4. The molecular formula is C15H24FN3O. The lowest BCUT2D eigenvalue weighted by molar-refractivity contribution is 0.0903. The van der Waals surface area contributed by atoms with Gasteiger partial charge in [0, 0.05) is 43.1 Å². The van der Waals surface area contributed by atoms with Crippen molar-refractivity contribution in [1.29, 1.82) is 0 Å². The zero-order valence-corrected chi connectivity index (χ0v) is 12.5. The Labute approximate surface area is 120 Å². The first-order chi connectivity index (χ1) is 9.46. The highest BCUT2D eigenvalue weighted by atomic mass is 19.1. The summed E-state index contributed by atoms with van der Waals surface area (Å²) in [6, 6.07) is 1.97. The second-order valence-corrected chi connectivity index (χ2v) is 6.27. The van der Waals surface area contributed by atoms with E-state index in [1.807, 2.05) is 0 Å². The molecule has 0 saturated carbocycles. The van der Waals surface area contributed by atoms with E-state index in [2.05, 4.69) is 36.4 Å². The van der Waals surface area contributed by atoms with E-state index < -0.39 is 0 Å². The molecule has 4 nitrogen and oxygen atoms in total. The van der Waals surface area contributed by atoms with Gasteiger partial charge in [-0.15, -0.1) is 0 Å². The highest BCUT2D eigenvalue weighted by molar-refractivity contribution is 5.41. The van der Waals surface area contributed by atoms with E-state index in [0.717, 1.165) is 26.1 Å². The summed E-state index contributed by atoms with van der Waals surface area (Å²) in [7, 11) is 0. The van der Waals surface area contributed by atoms with Gasteiger partial charge in [0.1, 0.15) is 0 Å². The van der Waals surface area contributed by atoms with Gasteiger partial charge in [-0.25, -0.2) is 9.37 Å². The van der Waals surface area contributed by atoms with E-state index in [1.165, 1.54) is 0 Å². The first-order valence-corrected chi connectivity index (χ1v) is 7.18. The van der Waals surface area contributed by atoms with Crippen LogP contribution in [0.25, 0.3) is 0 Å². The van der Waals surface area contributed by atoms with Gasteiger partial charge in [-0.1, -0.05) is 0 Å². The summed E-state index contributed by atoms with van der Waals surface area (Å²) in [6.07, 6.45) is 3.45. The van der Waals surface area contributed by atoms with Crippen LogP contribution in [-0.4, -0.2) is 29.8 Å². The summed E-state index contributed by atoms with van der Waals surface area (Å²) in [5, 5.41) is 6.49. The number of hydrogen-bond donors (Lipinski definition) is 2. The minimum atomic E-state index is -0.254. The monoisotopic (exact) mass is 281 g/mol. The third kappa shape index (κ3) is 4.42. The lowest BCUT2D eigenvalue weighted by Gasteiger charge is -2.24. The Morgan fingerprint density at radius 3 is 2.70 bits per heavy atom. The van der Waals surface area contributed by atoms with Gasteiger partial charge in [0.25, 0.3) is 0 Å². The predicted octanol–water partition coefficient (Wildman–Crippen LogP) is 2.70. The number of aromatic nitrogens is 1. The molecule has 0 spiro atoms. The molecule has 2 heterocycles. The topological polar surface area (TPSA) is 46.2 Å². The van der Waals surface area contributed by atoms with Crippen molar-refractivity contribution in [3.63, 3.8) is 0 Å². The Morgan fingerprint density at radius 2 is 2.05 bits per heavy atom. The Morgan fingerprint density at radius 1 is 1.35 bits per heavy atom. The van der Waals surface area contributed by atoms with Gasteiger partial charge in [0.15, 0.2) is 11.6 Å². The largest absolute Gasteiger partial charge is 0.381 e. The van der Waals surface area contributed by atoms with Gasteiger partial charge in [-0.3, -0.25) is 0 Å². The molecule has 0 aromatic carbocycles. The molecule has 0 atom stereocenters. The molecule has 1 aliphatic rings. The Hall–Kier alpha value is -1.20. The number of ether oxygens (including phenoxy) is 1. The first kappa shape index (κ1) is 15.2. The molecule has 0 aliphatic carbocycles. The quantitative estimate of drug-likeness (QED) is 0.891. The van der Waals surface area contributed by atoms with Crippen molar-refractivity contribution in [1.82, 2.24) is 10.3 Å². The Balaban J connectivity index is 2.02. The summed E-state index contributed by atoms with van der Waals surface area (Å²) < 4.78 is 19.7. The van der Waals surface area contributed by atoms with Crippen molar-refractivity contribution in [2.45, 2.75) is 51.7 Å². The van der Waals surface area contributed by atoms with E-state index in [9.17, 15) is 4.39 Å². The van der Waals surface area contributed by atoms with Crippen LogP contribution >= 0.6 is 0 Å². The van der Waals surface area contributed by atoms with Crippen LogP contribution < -0.4 is 10.6 Å². The van der Waals surface area contributed by atoms with Gasteiger partial charge < -0.3 is 15.4 Å². The maximum Gasteiger partial charge on any atom is 0.169 e. The summed E-state index contributed by atoms with van der Waals surface area (Å²) >= 11 is 0. The summed E-state index contributed by atoms with van der Waals surface area (Å²) in [5.74, 6) is 0.0980. The number of halogens is 1. The van der Waals surface area contributed by atoms with Crippen LogP contribution in [0.15, 0.2) is 12.3 Å². The van der Waals surface area contributed by atoms with Gasteiger partial charge in [-0.05, 0) is 39.7 Å². The molecule has 0 amide bonds. The van der Waals surface area contributed by atoms with Crippen molar-refractivity contribution in [3.05, 3.63) is 23.6 Å². The highest BCUT2D eigenvalue weighted by Crippen LogP contribution is 2.19. The van der Waals surface area contributed by atoms with E-state index in [4.69, 9.17) is 4.74 Å². The molecule has 2 rings (SSSR count). The van der Waals surface area contributed by atoms with Crippen molar-refractivity contribution in [2.24, 2.45) is 0 Å². The van der Waals surface area contributed by atoms with Gasteiger partial charge >= 0.3 is 0 Å². The minimum absolute atomic E-state index is 0.0377. The van der Waals surface area contributed by atoms with E-state index in [1.54, 1.807) is 12.3 Å². The van der Waals surface area contributed by atoms with Crippen LogP contribution in [0.2, 0.25) is 0 Å². The third-order valence-corrected chi connectivity index (χ3v) is 3.34. The molecule has 2 N–H and O–H groups in total. The van der Waals surface area contributed by atoms with Gasteiger partial charge in [0.05, 0.1) is 0 Å². The highest BCUT2D eigenvalue weighted by Gasteiger charge is 2.18. The molecule has 20 heavy (non-hydrogen) atoms. The van der Waals surface area contributed by atoms with Crippen molar-refractivity contribution < 1.29 is 9.13 Å². The van der Waals surface area contributed by atoms with Crippen LogP contribution in [0.3, 0.4) is 0 Å². The van der Waals surface area contributed by atoms with Crippen LogP contribution in [0.1, 0.15) is 39.2 Å². The maximum absolute atomic E-state index is 14.4. The molecule has 0 unspecified atom stereocenters. The Bertz CT molecular complexity index is 439. The third-order valence-electron chi connectivity index (χ3n) is 3.34. The lowest BCUT2D eigenvalue weighted by atomic mass is 10.1. The van der Waals surface area contributed by atoms with Gasteiger partial charge in [-0.2, -0.15) is 0 Å². The minimum Gasteiger partial charge on any atom is -0.381 e. The molecule has 1 aliphatic heterocycles. The molecule has 1 aromatic rings. The summed E-state index contributed by atoms with van der Waals surface area (Å²) in [5.41, 5.74) is 0.605. The number of hydrogen-bond acceptors (Lipinski definition) is 4. The first-order valence-electron chi connectivity index (χ1n) is 7.18. The fourth-order valence-electron chi connectivity index (χ4n) is 2.12. The normalized spacial score (nSPS) is 17.2. The average molecular weight is 281 g/mol. The number of rotatable bonds is 4. The summed E-state index contributed by atoms with van der Waals surface area (Å²) in [4.78, 5) is 4.12. The smallest absolute Gasteiger partial charge is 0.169 e. The molecule has 1 fully saturated rings. The fraction of sp³-hybridized carbons (Fsp3) is 0.667. The predicted molar refractivity (Wildman–Crippen MR) is 78.3 cm³/mol.